The number of hydrogen-bond acceptors (Lipinski definition) is 5. The number of rotatable bonds is 6. The first-order valence-corrected chi connectivity index (χ1v) is 6.10. The highest BCUT2D eigenvalue weighted by Gasteiger charge is 2.32. The molecule has 0 radical (unpaired) electrons. The van der Waals surface area contributed by atoms with Crippen molar-refractivity contribution in [1.29, 1.82) is 0 Å². The molecule has 2 atom stereocenters. The van der Waals surface area contributed by atoms with Gasteiger partial charge in [-0.15, -0.1) is 0 Å². The lowest BCUT2D eigenvalue weighted by atomic mass is 9.95. The molecule has 0 N–H and O–H groups in total. The Morgan fingerprint density at radius 2 is 1.71 bits per heavy atom. The lowest BCUT2D eigenvalue weighted by molar-refractivity contribution is -0.149. The van der Waals surface area contributed by atoms with Crippen molar-refractivity contribution in [1.82, 2.24) is 0 Å². The van der Waals surface area contributed by atoms with Crippen molar-refractivity contribution in [3.63, 3.8) is 0 Å². The van der Waals surface area contributed by atoms with Gasteiger partial charge in [-0.3, -0.25) is 9.59 Å². The molecular weight excluding hydrogens is 224 g/mol. The standard InChI is InChI=1S/C12H20O5/c1-3-15-11(13)7-9-5-6-17-10(9)8-12(14)16-4-2/h9-10H,3-8H2,1-2H3/t9-,10+/m1/s1. The summed E-state index contributed by atoms with van der Waals surface area (Å²) < 4.78 is 15.2. The molecule has 0 aromatic heterocycles. The molecule has 0 saturated carbocycles. The molecule has 0 aromatic rings. The molecule has 0 unspecified atom stereocenters. The second kappa shape index (κ2) is 7.27. The fraction of sp³-hybridized carbons (Fsp3) is 0.833. The summed E-state index contributed by atoms with van der Waals surface area (Å²) in [5.74, 6) is -0.427. The van der Waals surface area contributed by atoms with Crippen molar-refractivity contribution in [2.75, 3.05) is 19.8 Å². The lowest BCUT2D eigenvalue weighted by Gasteiger charge is -2.16. The van der Waals surface area contributed by atoms with Crippen molar-refractivity contribution in [2.45, 2.75) is 39.2 Å². The summed E-state index contributed by atoms with van der Waals surface area (Å²) in [4.78, 5) is 22.7. The molecule has 1 aliphatic rings. The van der Waals surface area contributed by atoms with Gasteiger partial charge in [0.2, 0.25) is 0 Å². The molecular formula is C12H20O5. The van der Waals surface area contributed by atoms with Crippen LogP contribution in [0.5, 0.6) is 0 Å². The van der Waals surface area contributed by atoms with E-state index in [0.717, 1.165) is 6.42 Å². The van der Waals surface area contributed by atoms with Crippen LogP contribution in [0.1, 0.15) is 33.1 Å². The first-order chi connectivity index (χ1) is 8.17. The van der Waals surface area contributed by atoms with E-state index in [2.05, 4.69) is 0 Å². The quantitative estimate of drug-likeness (QED) is 0.659. The third-order valence-corrected chi connectivity index (χ3v) is 2.75. The molecule has 17 heavy (non-hydrogen) atoms. The number of carbonyl (C=O) groups is 2. The van der Waals surface area contributed by atoms with Gasteiger partial charge in [-0.25, -0.2) is 0 Å². The first kappa shape index (κ1) is 14.0. The summed E-state index contributed by atoms with van der Waals surface area (Å²) in [6, 6.07) is 0. The zero-order valence-electron chi connectivity index (χ0n) is 10.4. The van der Waals surface area contributed by atoms with Gasteiger partial charge in [0.15, 0.2) is 0 Å². The summed E-state index contributed by atoms with van der Waals surface area (Å²) in [5.41, 5.74) is 0. The van der Waals surface area contributed by atoms with Crippen LogP contribution >= 0.6 is 0 Å². The minimum absolute atomic E-state index is 0.0680. The molecule has 0 aliphatic carbocycles. The fourth-order valence-electron chi connectivity index (χ4n) is 1.97. The molecule has 0 spiro atoms. The van der Waals surface area contributed by atoms with Crippen molar-refractivity contribution < 1.29 is 23.8 Å². The summed E-state index contributed by atoms with van der Waals surface area (Å²) in [6.07, 6.45) is 1.12. The number of hydrogen-bond donors (Lipinski definition) is 0. The molecule has 1 saturated heterocycles. The van der Waals surface area contributed by atoms with E-state index in [1.54, 1.807) is 13.8 Å². The van der Waals surface area contributed by atoms with E-state index in [0.29, 0.717) is 26.2 Å². The van der Waals surface area contributed by atoms with Crippen LogP contribution in [-0.4, -0.2) is 37.9 Å². The summed E-state index contributed by atoms with van der Waals surface area (Å²) in [7, 11) is 0. The Labute approximate surface area is 101 Å². The Bertz CT molecular complexity index is 238. The van der Waals surface area contributed by atoms with Crippen LogP contribution in [0.4, 0.5) is 0 Å². The summed E-state index contributed by atoms with van der Waals surface area (Å²) >= 11 is 0. The van der Waals surface area contributed by atoms with Gasteiger partial charge in [-0.2, -0.15) is 0 Å². The predicted molar refractivity (Wildman–Crippen MR) is 60.3 cm³/mol. The average Bonchev–Trinajstić information content (AvgIpc) is 2.66. The van der Waals surface area contributed by atoms with Gasteiger partial charge in [0, 0.05) is 6.61 Å². The highest BCUT2D eigenvalue weighted by Crippen LogP contribution is 2.27. The number of ether oxygens (including phenoxy) is 3. The van der Waals surface area contributed by atoms with Crippen LogP contribution in [0.3, 0.4) is 0 Å². The molecule has 0 bridgehead atoms. The molecule has 5 nitrogen and oxygen atoms in total. The Balaban J connectivity index is 2.38. The maximum absolute atomic E-state index is 11.4. The van der Waals surface area contributed by atoms with Gasteiger partial charge < -0.3 is 14.2 Å². The van der Waals surface area contributed by atoms with Crippen LogP contribution in [0.25, 0.3) is 0 Å². The second-order valence-corrected chi connectivity index (χ2v) is 3.98. The summed E-state index contributed by atoms with van der Waals surface area (Å²) in [6.45, 7) is 4.89. The van der Waals surface area contributed by atoms with E-state index < -0.39 is 0 Å². The normalized spacial score (nSPS) is 23.4. The Morgan fingerprint density at radius 3 is 2.29 bits per heavy atom. The van der Waals surface area contributed by atoms with Gasteiger partial charge in [0.05, 0.1) is 32.2 Å². The van der Waals surface area contributed by atoms with Gasteiger partial charge in [-0.1, -0.05) is 0 Å². The minimum Gasteiger partial charge on any atom is -0.466 e. The van der Waals surface area contributed by atoms with Crippen molar-refractivity contribution >= 4 is 11.9 Å². The van der Waals surface area contributed by atoms with E-state index in [1.807, 2.05) is 0 Å². The highest BCUT2D eigenvalue weighted by molar-refractivity contribution is 5.71. The minimum atomic E-state index is -0.270. The smallest absolute Gasteiger partial charge is 0.308 e. The molecule has 1 heterocycles. The van der Waals surface area contributed by atoms with Gasteiger partial charge in [0.25, 0.3) is 0 Å². The molecule has 5 heteroatoms. The third-order valence-electron chi connectivity index (χ3n) is 2.75. The molecule has 1 aliphatic heterocycles. The lowest BCUT2D eigenvalue weighted by Crippen LogP contribution is -2.24. The fourth-order valence-corrected chi connectivity index (χ4v) is 1.97. The van der Waals surface area contributed by atoms with E-state index >= 15 is 0 Å². The van der Waals surface area contributed by atoms with E-state index in [-0.39, 0.29) is 30.4 Å². The molecule has 0 amide bonds. The number of esters is 2. The Hall–Kier alpha value is -1.10. The molecule has 1 fully saturated rings. The topological polar surface area (TPSA) is 61.8 Å². The Morgan fingerprint density at radius 1 is 1.12 bits per heavy atom. The molecule has 1 rings (SSSR count). The molecule has 98 valence electrons. The second-order valence-electron chi connectivity index (χ2n) is 3.98. The van der Waals surface area contributed by atoms with Gasteiger partial charge in [0.1, 0.15) is 0 Å². The van der Waals surface area contributed by atoms with Crippen LogP contribution in [0.15, 0.2) is 0 Å². The first-order valence-electron chi connectivity index (χ1n) is 6.10. The average molecular weight is 244 g/mol. The SMILES string of the molecule is CCOC(=O)C[C@H]1CCO[C@H]1CC(=O)OCC. The predicted octanol–water partition coefficient (Wildman–Crippen LogP) is 1.30. The van der Waals surface area contributed by atoms with E-state index in [1.165, 1.54) is 0 Å². The van der Waals surface area contributed by atoms with E-state index in [9.17, 15) is 9.59 Å². The Kier molecular flexibility index (Phi) is 5.97. The van der Waals surface area contributed by atoms with Crippen LogP contribution in [0.2, 0.25) is 0 Å². The highest BCUT2D eigenvalue weighted by atomic mass is 16.5. The van der Waals surface area contributed by atoms with Gasteiger partial charge >= 0.3 is 11.9 Å². The van der Waals surface area contributed by atoms with Crippen molar-refractivity contribution in [3.8, 4) is 0 Å². The zero-order chi connectivity index (χ0) is 12.7. The van der Waals surface area contributed by atoms with E-state index in [4.69, 9.17) is 14.2 Å². The van der Waals surface area contributed by atoms with Gasteiger partial charge in [-0.05, 0) is 26.2 Å². The zero-order valence-corrected chi connectivity index (χ0v) is 10.4. The van der Waals surface area contributed by atoms with Crippen LogP contribution in [-0.2, 0) is 23.8 Å². The summed E-state index contributed by atoms with van der Waals surface area (Å²) in [5, 5.41) is 0. The largest absolute Gasteiger partial charge is 0.466 e. The maximum atomic E-state index is 11.4. The maximum Gasteiger partial charge on any atom is 0.308 e. The number of carbonyl (C=O) groups excluding carboxylic acids is 2. The molecule has 0 aromatic carbocycles. The van der Waals surface area contributed by atoms with Crippen LogP contribution < -0.4 is 0 Å². The van der Waals surface area contributed by atoms with Crippen molar-refractivity contribution in [2.24, 2.45) is 5.92 Å². The third kappa shape index (κ3) is 4.73. The monoisotopic (exact) mass is 244 g/mol. The van der Waals surface area contributed by atoms with Crippen LogP contribution in [0, 0.1) is 5.92 Å². The van der Waals surface area contributed by atoms with Crippen molar-refractivity contribution in [3.05, 3.63) is 0 Å².